The molecule has 2 aliphatic heterocycles. The maximum atomic E-state index is 13.1. The molecule has 0 bridgehead atoms. The molecule has 1 N–H and O–H groups in total. The number of urea groups is 1. The fourth-order valence-corrected chi connectivity index (χ4v) is 4.61. The van der Waals surface area contributed by atoms with Gasteiger partial charge in [-0.15, -0.1) is 0 Å². The Kier molecular flexibility index (Phi) is 4.52. The number of hydrogen-bond acceptors (Lipinski definition) is 3. The number of benzene rings is 1. The Labute approximate surface area is 174 Å². The Balaban J connectivity index is 1.31. The summed E-state index contributed by atoms with van der Waals surface area (Å²) in [7, 11) is 0. The van der Waals surface area contributed by atoms with Crippen LogP contribution in [0.3, 0.4) is 0 Å². The molecule has 7 nitrogen and oxygen atoms in total. The van der Waals surface area contributed by atoms with E-state index in [1.54, 1.807) is 17.0 Å². The SMILES string of the molecule is Cc1cc2n(n1)C1(CCN(C(=O)Nc3ccc(F)cc3)CC1)CC(=O)N2CC1CC1. The number of piperidine rings is 1. The number of amides is 3. The van der Waals surface area contributed by atoms with Crippen LogP contribution >= 0.6 is 0 Å². The van der Waals surface area contributed by atoms with E-state index in [1.165, 1.54) is 25.0 Å². The number of anilines is 2. The molecule has 30 heavy (non-hydrogen) atoms. The fraction of sp³-hybridized carbons (Fsp3) is 0.500. The van der Waals surface area contributed by atoms with E-state index in [1.807, 2.05) is 17.9 Å². The highest BCUT2D eigenvalue weighted by Gasteiger charge is 2.47. The molecule has 3 amide bonds. The number of fused-ring (bicyclic) bond motifs is 2. The second-order valence-electron chi connectivity index (χ2n) is 8.83. The molecule has 2 fully saturated rings. The van der Waals surface area contributed by atoms with E-state index < -0.39 is 0 Å². The second-order valence-corrected chi connectivity index (χ2v) is 8.83. The van der Waals surface area contributed by atoms with Crippen LogP contribution in [0.4, 0.5) is 20.7 Å². The normalized spacial score (nSPS) is 20.4. The van der Waals surface area contributed by atoms with Crippen molar-refractivity contribution in [2.24, 2.45) is 5.92 Å². The van der Waals surface area contributed by atoms with Gasteiger partial charge in [-0.05, 0) is 62.8 Å². The van der Waals surface area contributed by atoms with Gasteiger partial charge in [0.05, 0.1) is 17.7 Å². The molecule has 0 unspecified atom stereocenters. The highest BCUT2D eigenvalue weighted by molar-refractivity contribution is 5.95. The predicted molar refractivity (Wildman–Crippen MR) is 111 cm³/mol. The Morgan fingerprint density at radius 1 is 1.23 bits per heavy atom. The van der Waals surface area contributed by atoms with E-state index in [0.29, 0.717) is 44.0 Å². The van der Waals surface area contributed by atoms with Crippen LogP contribution in [0.1, 0.15) is 37.8 Å². The van der Waals surface area contributed by atoms with Crippen molar-refractivity contribution in [1.82, 2.24) is 14.7 Å². The number of likely N-dealkylation sites (tertiary alicyclic amines) is 1. The standard InChI is InChI=1S/C22H26FN5O2/c1-15-12-19-27(14-16-2-3-16)20(29)13-22(28(19)25-15)8-10-26(11-9-22)21(30)24-18-6-4-17(23)5-7-18/h4-7,12,16H,2-3,8-11,13-14H2,1H3,(H,24,30). The van der Waals surface area contributed by atoms with Gasteiger partial charge in [-0.2, -0.15) is 5.10 Å². The Morgan fingerprint density at radius 2 is 1.93 bits per heavy atom. The lowest BCUT2D eigenvalue weighted by molar-refractivity contribution is -0.122. The molecule has 1 aromatic carbocycles. The summed E-state index contributed by atoms with van der Waals surface area (Å²) in [4.78, 5) is 29.4. The maximum Gasteiger partial charge on any atom is 0.321 e. The van der Waals surface area contributed by atoms with Crippen LogP contribution in [0.15, 0.2) is 30.3 Å². The van der Waals surface area contributed by atoms with Crippen molar-refractivity contribution in [2.45, 2.75) is 44.6 Å². The molecule has 2 aromatic rings. The number of halogens is 1. The summed E-state index contributed by atoms with van der Waals surface area (Å²) in [5, 5.41) is 7.58. The lowest BCUT2D eigenvalue weighted by Crippen LogP contribution is -2.55. The predicted octanol–water partition coefficient (Wildman–Crippen LogP) is 3.50. The van der Waals surface area contributed by atoms with E-state index in [0.717, 1.165) is 18.1 Å². The van der Waals surface area contributed by atoms with Gasteiger partial charge < -0.3 is 10.2 Å². The molecule has 1 saturated carbocycles. The Hall–Kier alpha value is -2.90. The minimum atomic E-state index is -0.368. The summed E-state index contributed by atoms with van der Waals surface area (Å²) in [5.74, 6) is 1.35. The van der Waals surface area contributed by atoms with Crippen molar-refractivity contribution >= 4 is 23.4 Å². The van der Waals surface area contributed by atoms with E-state index in [2.05, 4.69) is 10.00 Å². The molecule has 0 radical (unpaired) electrons. The summed E-state index contributed by atoms with van der Waals surface area (Å²) >= 11 is 0. The minimum absolute atomic E-state index is 0.165. The number of hydrogen-bond donors (Lipinski definition) is 1. The Morgan fingerprint density at radius 3 is 2.60 bits per heavy atom. The third kappa shape index (κ3) is 3.44. The lowest BCUT2D eigenvalue weighted by atomic mass is 9.82. The first-order chi connectivity index (χ1) is 14.4. The van der Waals surface area contributed by atoms with Crippen LogP contribution in [0.25, 0.3) is 0 Å². The van der Waals surface area contributed by atoms with Crippen molar-refractivity contribution < 1.29 is 14.0 Å². The zero-order chi connectivity index (χ0) is 20.9. The lowest BCUT2D eigenvalue weighted by Gasteiger charge is -2.46. The van der Waals surface area contributed by atoms with E-state index in [9.17, 15) is 14.0 Å². The van der Waals surface area contributed by atoms with Crippen molar-refractivity contribution in [3.05, 3.63) is 41.8 Å². The summed E-state index contributed by atoms with van der Waals surface area (Å²) < 4.78 is 15.1. The average Bonchev–Trinajstić information content (AvgIpc) is 3.46. The van der Waals surface area contributed by atoms with Gasteiger partial charge in [-0.25, -0.2) is 13.9 Å². The molecule has 158 valence electrons. The topological polar surface area (TPSA) is 70.5 Å². The van der Waals surface area contributed by atoms with Crippen LogP contribution in [-0.2, 0) is 10.3 Å². The minimum Gasteiger partial charge on any atom is -0.324 e. The Bertz CT molecular complexity index is 974. The first kappa shape index (κ1) is 19.1. The quantitative estimate of drug-likeness (QED) is 0.840. The molecule has 1 spiro atoms. The fourth-order valence-electron chi connectivity index (χ4n) is 4.61. The van der Waals surface area contributed by atoms with E-state index in [-0.39, 0.29) is 23.3 Å². The number of nitrogens with zero attached hydrogens (tertiary/aromatic N) is 4. The van der Waals surface area contributed by atoms with Crippen LogP contribution in [0.5, 0.6) is 0 Å². The van der Waals surface area contributed by atoms with Crippen molar-refractivity contribution in [3.8, 4) is 0 Å². The highest BCUT2D eigenvalue weighted by Crippen LogP contribution is 2.43. The number of carbonyl (C=O) groups is 2. The van der Waals surface area contributed by atoms with Gasteiger partial charge in [0, 0.05) is 31.4 Å². The molecule has 8 heteroatoms. The third-order valence-corrected chi connectivity index (χ3v) is 6.53. The van der Waals surface area contributed by atoms with Crippen molar-refractivity contribution in [1.29, 1.82) is 0 Å². The molecule has 5 rings (SSSR count). The maximum absolute atomic E-state index is 13.1. The first-order valence-electron chi connectivity index (χ1n) is 10.6. The van der Waals surface area contributed by atoms with Gasteiger partial charge in [0.2, 0.25) is 5.91 Å². The number of carbonyl (C=O) groups excluding carboxylic acids is 2. The van der Waals surface area contributed by atoms with Crippen LogP contribution in [0, 0.1) is 18.7 Å². The third-order valence-electron chi connectivity index (χ3n) is 6.53. The monoisotopic (exact) mass is 411 g/mol. The largest absolute Gasteiger partial charge is 0.324 e. The molecule has 0 atom stereocenters. The zero-order valence-electron chi connectivity index (χ0n) is 17.1. The number of nitrogens with one attached hydrogen (secondary N) is 1. The molecule has 3 aliphatic rings. The summed E-state index contributed by atoms with van der Waals surface area (Å²) in [6, 6.07) is 7.55. The van der Waals surface area contributed by atoms with E-state index in [4.69, 9.17) is 5.10 Å². The summed E-state index contributed by atoms with van der Waals surface area (Å²) in [6.45, 7) is 3.83. The number of aromatic nitrogens is 2. The van der Waals surface area contributed by atoms with Crippen molar-refractivity contribution in [2.75, 3.05) is 29.9 Å². The van der Waals surface area contributed by atoms with Gasteiger partial charge in [0.1, 0.15) is 11.6 Å². The van der Waals surface area contributed by atoms with Crippen LogP contribution in [-0.4, -0.2) is 46.3 Å². The van der Waals surface area contributed by atoms with Crippen molar-refractivity contribution in [3.63, 3.8) is 0 Å². The molecule has 3 heterocycles. The van der Waals surface area contributed by atoms with Crippen LogP contribution < -0.4 is 10.2 Å². The summed E-state index contributed by atoms with van der Waals surface area (Å²) in [5.41, 5.74) is 1.11. The second kappa shape index (κ2) is 7.11. The molecular formula is C22H26FN5O2. The number of aryl methyl sites for hydroxylation is 1. The molecule has 1 aromatic heterocycles. The van der Waals surface area contributed by atoms with Gasteiger partial charge in [-0.3, -0.25) is 9.69 Å². The number of rotatable bonds is 3. The van der Waals surface area contributed by atoms with Gasteiger partial charge in [0.25, 0.3) is 0 Å². The van der Waals surface area contributed by atoms with Gasteiger partial charge in [-0.1, -0.05) is 0 Å². The van der Waals surface area contributed by atoms with Gasteiger partial charge >= 0.3 is 6.03 Å². The summed E-state index contributed by atoms with van der Waals surface area (Å²) in [6.07, 6.45) is 4.18. The zero-order valence-corrected chi connectivity index (χ0v) is 17.1. The van der Waals surface area contributed by atoms with Gasteiger partial charge in [0.15, 0.2) is 0 Å². The highest BCUT2D eigenvalue weighted by atomic mass is 19.1. The molecule has 1 aliphatic carbocycles. The van der Waals surface area contributed by atoms with Crippen LogP contribution in [0.2, 0.25) is 0 Å². The molecule has 1 saturated heterocycles. The molecular weight excluding hydrogens is 385 g/mol. The van der Waals surface area contributed by atoms with E-state index >= 15 is 0 Å². The smallest absolute Gasteiger partial charge is 0.321 e. The first-order valence-corrected chi connectivity index (χ1v) is 10.6. The average molecular weight is 411 g/mol.